The molecule has 0 aliphatic carbocycles. The minimum absolute atomic E-state index is 0.121. The summed E-state index contributed by atoms with van der Waals surface area (Å²) in [5.74, 6) is 0. The van der Waals surface area contributed by atoms with Gasteiger partial charge in [0, 0.05) is 0 Å². The van der Waals surface area contributed by atoms with Crippen LogP contribution in [0.3, 0.4) is 0 Å². The maximum Gasteiger partial charge on any atom is 0.0992 e. The van der Waals surface area contributed by atoms with Crippen molar-refractivity contribution in [3.63, 3.8) is 0 Å². The van der Waals surface area contributed by atoms with Gasteiger partial charge in [0.05, 0.1) is 23.3 Å². The third-order valence-electron chi connectivity index (χ3n) is 4.23. The molecule has 0 heterocycles. The fourth-order valence-electron chi connectivity index (χ4n) is 2.82. The zero-order chi connectivity index (χ0) is 17.3. The largest absolute Gasteiger partial charge is 0.192 e. The highest BCUT2D eigenvalue weighted by atomic mass is 14.3. The fraction of sp³-hybridized carbons (Fsp3) is 0.182. The Morgan fingerprint density at radius 2 is 1.25 bits per heavy atom. The van der Waals surface area contributed by atoms with Crippen molar-refractivity contribution in [3.8, 4) is 23.3 Å². The number of nitriles is 2. The standard InChI is InChI=1S/C22H18N2/c1-22(2,3)21-7-6-17-11-18(4-5-19(17)12-21)20-9-15(13-23)8-16(10-20)14-24/h4-12H,1-3H3. The molecule has 0 amide bonds. The Morgan fingerprint density at radius 3 is 1.83 bits per heavy atom. The molecule has 116 valence electrons. The highest BCUT2D eigenvalue weighted by molar-refractivity contribution is 5.88. The Labute approximate surface area is 142 Å². The second kappa shape index (κ2) is 5.84. The lowest BCUT2D eigenvalue weighted by molar-refractivity contribution is 0.591. The van der Waals surface area contributed by atoms with E-state index in [1.807, 2.05) is 18.2 Å². The number of hydrogen-bond acceptors (Lipinski definition) is 2. The highest BCUT2D eigenvalue weighted by Gasteiger charge is 2.14. The van der Waals surface area contributed by atoms with Gasteiger partial charge in [0.1, 0.15) is 0 Å². The minimum atomic E-state index is 0.121. The van der Waals surface area contributed by atoms with E-state index < -0.39 is 0 Å². The molecule has 0 radical (unpaired) electrons. The molecular weight excluding hydrogens is 292 g/mol. The van der Waals surface area contributed by atoms with Crippen LogP contribution in [-0.4, -0.2) is 0 Å². The first kappa shape index (κ1) is 15.8. The zero-order valence-corrected chi connectivity index (χ0v) is 14.1. The predicted molar refractivity (Wildman–Crippen MR) is 97.5 cm³/mol. The molecule has 0 aromatic heterocycles. The van der Waals surface area contributed by atoms with E-state index in [-0.39, 0.29) is 5.41 Å². The molecule has 3 aromatic carbocycles. The van der Waals surface area contributed by atoms with Gasteiger partial charge in [-0.25, -0.2) is 0 Å². The molecule has 3 rings (SSSR count). The van der Waals surface area contributed by atoms with Crippen molar-refractivity contribution < 1.29 is 0 Å². The van der Waals surface area contributed by atoms with E-state index in [0.29, 0.717) is 11.1 Å². The molecule has 0 spiro atoms. The van der Waals surface area contributed by atoms with E-state index >= 15 is 0 Å². The first-order valence-corrected chi connectivity index (χ1v) is 7.91. The zero-order valence-electron chi connectivity index (χ0n) is 14.1. The van der Waals surface area contributed by atoms with E-state index in [1.54, 1.807) is 6.07 Å². The maximum absolute atomic E-state index is 9.15. The van der Waals surface area contributed by atoms with Crippen LogP contribution in [0, 0.1) is 22.7 Å². The summed E-state index contributed by atoms with van der Waals surface area (Å²) in [5, 5.41) is 20.6. The van der Waals surface area contributed by atoms with Crippen LogP contribution in [0.25, 0.3) is 21.9 Å². The van der Waals surface area contributed by atoms with Crippen LogP contribution in [0.2, 0.25) is 0 Å². The molecule has 2 nitrogen and oxygen atoms in total. The topological polar surface area (TPSA) is 47.6 Å². The average Bonchev–Trinajstić information content (AvgIpc) is 2.59. The van der Waals surface area contributed by atoms with Gasteiger partial charge < -0.3 is 0 Å². The van der Waals surface area contributed by atoms with Gasteiger partial charge in [0.2, 0.25) is 0 Å². The van der Waals surface area contributed by atoms with Crippen LogP contribution in [0.1, 0.15) is 37.5 Å². The van der Waals surface area contributed by atoms with Gasteiger partial charge in [-0.05, 0) is 57.1 Å². The molecule has 0 bridgehead atoms. The Bertz CT molecular complexity index is 977. The monoisotopic (exact) mass is 310 g/mol. The number of fused-ring (bicyclic) bond motifs is 1. The number of hydrogen-bond donors (Lipinski definition) is 0. The van der Waals surface area contributed by atoms with Crippen molar-refractivity contribution in [1.29, 1.82) is 10.5 Å². The third kappa shape index (κ3) is 3.00. The lowest BCUT2D eigenvalue weighted by Crippen LogP contribution is -2.10. The summed E-state index contributed by atoms with van der Waals surface area (Å²) >= 11 is 0. The van der Waals surface area contributed by atoms with Gasteiger partial charge in [-0.1, -0.05) is 51.1 Å². The molecule has 0 aliphatic heterocycles. The van der Waals surface area contributed by atoms with Gasteiger partial charge in [0.15, 0.2) is 0 Å². The van der Waals surface area contributed by atoms with Crippen LogP contribution in [0.5, 0.6) is 0 Å². The second-order valence-electron chi connectivity index (χ2n) is 7.05. The van der Waals surface area contributed by atoms with E-state index in [1.165, 1.54) is 10.9 Å². The first-order chi connectivity index (χ1) is 11.4. The van der Waals surface area contributed by atoms with Gasteiger partial charge in [-0.2, -0.15) is 10.5 Å². The Kier molecular flexibility index (Phi) is 3.84. The van der Waals surface area contributed by atoms with Gasteiger partial charge >= 0.3 is 0 Å². The molecule has 0 atom stereocenters. The first-order valence-electron chi connectivity index (χ1n) is 7.91. The minimum Gasteiger partial charge on any atom is -0.192 e. The maximum atomic E-state index is 9.15. The average molecular weight is 310 g/mol. The van der Waals surface area contributed by atoms with E-state index in [0.717, 1.165) is 16.5 Å². The van der Waals surface area contributed by atoms with E-state index in [9.17, 15) is 0 Å². The van der Waals surface area contributed by atoms with Gasteiger partial charge in [-0.3, -0.25) is 0 Å². The molecule has 0 saturated heterocycles. The molecule has 0 saturated carbocycles. The van der Waals surface area contributed by atoms with Crippen LogP contribution >= 0.6 is 0 Å². The third-order valence-corrected chi connectivity index (χ3v) is 4.23. The van der Waals surface area contributed by atoms with Crippen molar-refractivity contribution in [2.75, 3.05) is 0 Å². The molecular formula is C22H18N2. The smallest absolute Gasteiger partial charge is 0.0992 e. The summed E-state index contributed by atoms with van der Waals surface area (Å²) in [7, 11) is 0. The molecule has 0 unspecified atom stereocenters. The number of benzene rings is 3. The lowest BCUT2D eigenvalue weighted by Gasteiger charge is -2.19. The normalized spacial score (nSPS) is 11.0. The van der Waals surface area contributed by atoms with Crippen molar-refractivity contribution in [3.05, 3.63) is 71.3 Å². The second-order valence-corrected chi connectivity index (χ2v) is 7.05. The SMILES string of the molecule is CC(C)(C)c1ccc2cc(-c3cc(C#N)cc(C#N)c3)ccc2c1. The number of rotatable bonds is 1. The summed E-state index contributed by atoms with van der Waals surface area (Å²) in [4.78, 5) is 0. The lowest BCUT2D eigenvalue weighted by atomic mass is 9.85. The molecule has 3 aromatic rings. The van der Waals surface area contributed by atoms with Crippen LogP contribution in [0.4, 0.5) is 0 Å². The van der Waals surface area contributed by atoms with E-state index in [4.69, 9.17) is 10.5 Å². The molecule has 0 N–H and O–H groups in total. The Morgan fingerprint density at radius 1 is 0.667 bits per heavy atom. The summed E-state index contributed by atoms with van der Waals surface area (Å²) < 4.78 is 0. The van der Waals surface area contributed by atoms with Crippen molar-refractivity contribution in [2.24, 2.45) is 0 Å². The highest BCUT2D eigenvalue weighted by Crippen LogP contribution is 2.30. The quantitative estimate of drug-likeness (QED) is 0.591. The summed E-state index contributed by atoms with van der Waals surface area (Å²) in [5.41, 5.74) is 4.35. The van der Waals surface area contributed by atoms with Crippen LogP contribution < -0.4 is 0 Å². The number of nitrogens with zero attached hydrogens (tertiary/aromatic N) is 2. The predicted octanol–water partition coefficient (Wildman–Crippen LogP) is 5.55. The van der Waals surface area contributed by atoms with Crippen LogP contribution in [-0.2, 0) is 5.41 Å². The summed E-state index contributed by atoms with van der Waals surface area (Å²) in [6.07, 6.45) is 0. The van der Waals surface area contributed by atoms with Crippen molar-refractivity contribution in [1.82, 2.24) is 0 Å². The van der Waals surface area contributed by atoms with Crippen molar-refractivity contribution >= 4 is 10.8 Å². The van der Waals surface area contributed by atoms with Gasteiger partial charge in [0.25, 0.3) is 0 Å². The van der Waals surface area contributed by atoms with E-state index in [2.05, 4.69) is 63.2 Å². The molecule has 2 heteroatoms. The molecule has 0 fully saturated rings. The van der Waals surface area contributed by atoms with Crippen LogP contribution in [0.15, 0.2) is 54.6 Å². The summed E-state index contributed by atoms with van der Waals surface area (Å²) in [6, 6.07) is 22.3. The Balaban J connectivity index is 2.13. The summed E-state index contributed by atoms with van der Waals surface area (Å²) in [6.45, 7) is 6.62. The molecule has 24 heavy (non-hydrogen) atoms. The van der Waals surface area contributed by atoms with Gasteiger partial charge in [-0.15, -0.1) is 0 Å². The Hall–Kier alpha value is -3.10. The van der Waals surface area contributed by atoms with Crippen molar-refractivity contribution in [2.45, 2.75) is 26.2 Å². The molecule has 0 aliphatic rings. The fourth-order valence-corrected chi connectivity index (χ4v) is 2.82.